The molecule has 0 bridgehead atoms. The van der Waals surface area contributed by atoms with Crippen LogP contribution in [0.1, 0.15) is 25.7 Å². The lowest BCUT2D eigenvalue weighted by Crippen LogP contribution is -2.20. The first-order chi connectivity index (χ1) is 7.95. The van der Waals surface area contributed by atoms with Crippen molar-refractivity contribution in [1.82, 2.24) is 4.90 Å². The molecule has 1 aliphatic heterocycles. The number of benzene rings is 1. The maximum atomic E-state index is 5.65. The Balaban J connectivity index is 1.52. The molecule has 1 fully saturated rings. The third-order valence-corrected chi connectivity index (χ3v) is 3.08. The van der Waals surface area contributed by atoms with Crippen LogP contribution in [0.4, 0.5) is 0 Å². The van der Waals surface area contributed by atoms with E-state index in [1.165, 1.54) is 38.9 Å². The van der Waals surface area contributed by atoms with Crippen molar-refractivity contribution >= 4 is 0 Å². The number of hydrogen-bond donors (Lipinski definition) is 0. The smallest absolute Gasteiger partial charge is 0.119 e. The second kappa shape index (κ2) is 6.54. The third kappa shape index (κ3) is 3.86. The molecule has 1 heterocycles. The van der Waals surface area contributed by atoms with Gasteiger partial charge in [0.25, 0.3) is 0 Å². The number of ether oxygens (including phenoxy) is 1. The van der Waals surface area contributed by atoms with E-state index >= 15 is 0 Å². The first kappa shape index (κ1) is 11.5. The summed E-state index contributed by atoms with van der Waals surface area (Å²) in [6, 6.07) is 10.1. The fraction of sp³-hybridized carbons (Fsp3) is 0.571. The van der Waals surface area contributed by atoms with E-state index in [1.807, 2.05) is 30.3 Å². The van der Waals surface area contributed by atoms with E-state index in [0.29, 0.717) is 0 Å². The Kier molecular flexibility index (Phi) is 4.69. The fourth-order valence-corrected chi connectivity index (χ4v) is 2.15. The SMILES string of the molecule is c1ccc(OCCCCN2CCCC2)cc1. The van der Waals surface area contributed by atoms with Crippen LogP contribution in [0.2, 0.25) is 0 Å². The van der Waals surface area contributed by atoms with Crippen molar-refractivity contribution in [2.75, 3.05) is 26.2 Å². The molecule has 1 aliphatic rings. The molecule has 0 N–H and O–H groups in total. The zero-order chi connectivity index (χ0) is 11.1. The standard InChI is InChI=1S/C14H21NO/c1-2-8-14(9-3-1)16-13-7-6-12-15-10-4-5-11-15/h1-3,8-9H,4-7,10-13H2. The number of likely N-dealkylation sites (tertiary alicyclic amines) is 1. The van der Waals surface area contributed by atoms with E-state index < -0.39 is 0 Å². The largest absolute Gasteiger partial charge is 0.494 e. The molecule has 16 heavy (non-hydrogen) atoms. The normalized spacial score (nSPS) is 16.5. The summed E-state index contributed by atoms with van der Waals surface area (Å²) in [5, 5.41) is 0. The predicted octanol–water partition coefficient (Wildman–Crippen LogP) is 2.94. The molecule has 88 valence electrons. The van der Waals surface area contributed by atoms with Gasteiger partial charge in [-0.2, -0.15) is 0 Å². The van der Waals surface area contributed by atoms with Gasteiger partial charge < -0.3 is 9.64 Å². The lowest BCUT2D eigenvalue weighted by atomic mass is 10.3. The predicted molar refractivity (Wildman–Crippen MR) is 66.8 cm³/mol. The molecule has 2 heteroatoms. The molecule has 0 aromatic heterocycles. The molecule has 1 saturated heterocycles. The summed E-state index contributed by atoms with van der Waals surface area (Å²) in [5.74, 6) is 0.990. The van der Waals surface area contributed by atoms with Gasteiger partial charge in [-0.05, 0) is 57.5 Å². The van der Waals surface area contributed by atoms with Gasteiger partial charge in [0.2, 0.25) is 0 Å². The van der Waals surface area contributed by atoms with Crippen LogP contribution in [0, 0.1) is 0 Å². The summed E-state index contributed by atoms with van der Waals surface area (Å²) in [6.45, 7) is 4.70. The number of unbranched alkanes of at least 4 members (excludes halogenated alkanes) is 1. The quantitative estimate of drug-likeness (QED) is 0.682. The summed E-state index contributed by atoms with van der Waals surface area (Å²) in [7, 11) is 0. The van der Waals surface area contributed by atoms with Crippen LogP contribution in [0.15, 0.2) is 30.3 Å². The van der Waals surface area contributed by atoms with Crippen LogP contribution in [0.25, 0.3) is 0 Å². The van der Waals surface area contributed by atoms with Gasteiger partial charge in [-0.1, -0.05) is 18.2 Å². The van der Waals surface area contributed by atoms with E-state index in [-0.39, 0.29) is 0 Å². The molecule has 0 atom stereocenters. The third-order valence-electron chi connectivity index (χ3n) is 3.08. The van der Waals surface area contributed by atoms with Gasteiger partial charge in [-0.3, -0.25) is 0 Å². The molecule has 2 rings (SSSR count). The van der Waals surface area contributed by atoms with Crippen molar-refractivity contribution in [1.29, 1.82) is 0 Å². The minimum absolute atomic E-state index is 0.845. The van der Waals surface area contributed by atoms with Crippen LogP contribution < -0.4 is 4.74 Å². The van der Waals surface area contributed by atoms with Gasteiger partial charge in [-0.25, -0.2) is 0 Å². The van der Waals surface area contributed by atoms with E-state index in [4.69, 9.17) is 4.74 Å². The number of nitrogens with zero attached hydrogens (tertiary/aromatic N) is 1. The van der Waals surface area contributed by atoms with Gasteiger partial charge in [0, 0.05) is 0 Å². The van der Waals surface area contributed by atoms with Crippen LogP contribution >= 0.6 is 0 Å². The van der Waals surface area contributed by atoms with Crippen LogP contribution in [-0.2, 0) is 0 Å². The van der Waals surface area contributed by atoms with Crippen molar-refractivity contribution in [2.45, 2.75) is 25.7 Å². The Labute approximate surface area is 98.2 Å². The van der Waals surface area contributed by atoms with E-state index in [1.54, 1.807) is 0 Å². The van der Waals surface area contributed by atoms with E-state index in [0.717, 1.165) is 18.8 Å². The molecular weight excluding hydrogens is 198 g/mol. The average molecular weight is 219 g/mol. The number of para-hydroxylation sites is 1. The minimum Gasteiger partial charge on any atom is -0.494 e. The molecule has 0 amide bonds. The van der Waals surface area contributed by atoms with Crippen molar-refractivity contribution < 1.29 is 4.74 Å². The molecule has 2 nitrogen and oxygen atoms in total. The van der Waals surface area contributed by atoms with Crippen molar-refractivity contribution in [3.8, 4) is 5.75 Å². The highest BCUT2D eigenvalue weighted by Gasteiger charge is 2.09. The van der Waals surface area contributed by atoms with Gasteiger partial charge in [-0.15, -0.1) is 0 Å². The second-order valence-corrected chi connectivity index (χ2v) is 4.42. The topological polar surface area (TPSA) is 12.5 Å². The van der Waals surface area contributed by atoms with Gasteiger partial charge in [0.1, 0.15) is 5.75 Å². The Morgan fingerprint density at radius 1 is 1.00 bits per heavy atom. The number of hydrogen-bond acceptors (Lipinski definition) is 2. The summed E-state index contributed by atoms with van der Waals surface area (Å²) in [6.07, 6.45) is 5.19. The zero-order valence-electron chi connectivity index (χ0n) is 9.90. The van der Waals surface area contributed by atoms with E-state index in [2.05, 4.69) is 4.90 Å². The molecule has 1 aromatic rings. The molecule has 1 aromatic carbocycles. The molecule has 0 saturated carbocycles. The molecule has 0 unspecified atom stereocenters. The fourth-order valence-electron chi connectivity index (χ4n) is 2.15. The highest BCUT2D eigenvalue weighted by molar-refractivity contribution is 5.20. The van der Waals surface area contributed by atoms with Gasteiger partial charge >= 0.3 is 0 Å². The average Bonchev–Trinajstić information content (AvgIpc) is 2.83. The van der Waals surface area contributed by atoms with Crippen LogP contribution in [-0.4, -0.2) is 31.1 Å². The van der Waals surface area contributed by atoms with Crippen molar-refractivity contribution in [2.24, 2.45) is 0 Å². The first-order valence-electron chi connectivity index (χ1n) is 6.35. The van der Waals surface area contributed by atoms with Crippen LogP contribution in [0.5, 0.6) is 5.75 Å². The lowest BCUT2D eigenvalue weighted by molar-refractivity contribution is 0.280. The van der Waals surface area contributed by atoms with Crippen LogP contribution in [0.3, 0.4) is 0 Å². The summed E-state index contributed by atoms with van der Waals surface area (Å²) >= 11 is 0. The van der Waals surface area contributed by atoms with Crippen molar-refractivity contribution in [3.05, 3.63) is 30.3 Å². The molecule has 0 radical (unpaired) electrons. The Hall–Kier alpha value is -1.02. The minimum atomic E-state index is 0.845. The highest BCUT2D eigenvalue weighted by Crippen LogP contribution is 2.10. The molecule has 0 spiro atoms. The Morgan fingerprint density at radius 2 is 1.75 bits per heavy atom. The summed E-state index contributed by atoms with van der Waals surface area (Å²) < 4.78 is 5.65. The van der Waals surface area contributed by atoms with Crippen molar-refractivity contribution in [3.63, 3.8) is 0 Å². The maximum absolute atomic E-state index is 5.65. The Bertz CT molecular complexity index is 280. The maximum Gasteiger partial charge on any atom is 0.119 e. The number of rotatable bonds is 6. The monoisotopic (exact) mass is 219 g/mol. The lowest BCUT2D eigenvalue weighted by Gasteiger charge is -2.14. The Morgan fingerprint density at radius 3 is 2.50 bits per heavy atom. The highest BCUT2D eigenvalue weighted by atomic mass is 16.5. The van der Waals surface area contributed by atoms with E-state index in [9.17, 15) is 0 Å². The zero-order valence-corrected chi connectivity index (χ0v) is 9.90. The second-order valence-electron chi connectivity index (χ2n) is 4.42. The van der Waals surface area contributed by atoms with Gasteiger partial charge in [0.15, 0.2) is 0 Å². The molecular formula is C14H21NO. The summed E-state index contributed by atoms with van der Waals surface area (Å²) in [4.78, 5) is 2.56. The van der Waals surface area contributed by atoms with Gasteiger partial charge in [0.05, 0.1) is 6.61 Å². The summed E-state index contributed by atoms with van der Waals surface area (Å²) in [5.41, 5.74) is 0. The first-order valence-corrected chi connectivity index (χ1v) is 6.35. The molecule has 0 aliphatic carbocycles.